The summed E-state index contributed by atoms with van der Waals surface area (Å²) in [5.74, 6) is 0. The van der Waals surface area contributed by atoms with E-state index in [0.29, 0.717) is 0 Å². The maximum absolute atomic E-state index is 2.53. The number of allylic oxidation sites excluding steroid dienone is 1. The largest absolute Gasteiger partial charge is 0.313 e. The van der Waals surface area contributed by atoms with Gasteiger partial charge in [-0.15, -0.1) is 0 Å². The van der Waals surface area contributed by atoms with Gasteiger partial charge >= 0.3 is 0 Å². The number of rotatable bonds is 3. The van der Waals surface area contributed by atoms with Gasteiger partial charge < -0.3 is 13.7 Å². The topological polar surface area (TPSA) is 14.8 Å². The molecular formula is C47H39N3. The molecule has 0 spiro atoms. The monoisotopic (exact) mass is 645 g/mol. The van der Waals surface area contributed by atoms with Crippen molar-refractivity contribution in [3.63, 3.8) is 0 Å². The fourth-order valence-electron chi connectivity index (χ4n) is 8.64. The first-order chi connectivity index (χ1) is 24.3. The van der Waals surface area contributed by atoms with Gasteiger partial charge in [0.1, 0.15) is 0 Å². The van der Waals surface area contributed by atoms with Crippen molar-refractivity contribution in [2.45, 2.75) is 47.5 Å². The predicted octanol–water partition coefficient (Wildman–Crippen LogP) is 12.3. The zero-order valence-electron chi connectivity index (χ0n) is 29.3. The standard InChI is InChI=1S/C47H39N3/c1-28-6-12-33(13-7-28)48-46-20-14-34(49-42-16-8-29(2)22-36(42)37-23-30(3)9-17-43(37)49)26-40(46)41-27-35(15-21-47(41)48)50-44-18-10-31(4)24-38(44)39-25-32(5)11-19-45(39)50/h6-14,16-20,22-27H,15,21H2,1-5H3. The molecule has 0 unspecified atom stereocenters. The van der Waals surface area contributed by atoms with Crippen LogP contribution in [-0.2, 0) is 6.42 Å². The molecule has 0 bridgehead atoms. The average Bonchev–Trinajstić information content (AvgIpc) is 3.72. The molecular weight excluding hydrogens is 607 g/mol. The Balaban J connectivity index is 1.27. The van der Waals surface area contributed by atoms with Gasteiger partial charge in [0.05, 0.1) is 27.6 Å². The van der Waals surface area contributed by atoms with Crippen molar-refractivity contribution < 1.29 is 0 Å². The van der Waals surface area contributed by atoms with Crippen LogP contribution in [0.3, 0.4) is 0 Å². The molecule has 242 valence electrons. The van der Waals surface area contributed by atoms with Gasteiger partial charge in [-0.25, -0.2) is 0 Å². The second kappa shape index (κ2) is 10.6. The highest BCUT2D eigenvalue weighted by Crippen LogP contribution is 2.42. The second-order valence-corrected chi connectivity index (χ2v) is 14.6. The zero-order valence-corrected chi connectivity index (χ0v) is 29.3. The molecule has 10 rings (SSSR count). The first-order valence-corrected chi connectivity index (χ1v) is 17.8. The Morgan fingerprint density at radius 2 is 0.780 bits per heavy atom. The molecule has 0 atom stereocenters. The van der Waals surface area contributed by atoms with E-state index >= 15 is 0 Å². The zero-order chi connectivity index (χ0) is 33.8. The third kappa shape index (κ3) is 4.23. The maximum Gasteiger partial charge on any atom is 0.0541 e. The molecule has 9 aromatic rings. The normalized spacial score (nSPS) is 13.3. The van der Waals surface area contributed by atoms with Crippen molar-refractivity contribution in [3.8, 4) is 11.4 Å². The van der Waals surface area contributed by atoms with Gasteiger partial charge in [-0.3, -0.25) is 0 Å². The van der Waals surface area contributed by atoms with Crippen molar-refractivity contribution in [2.75, 3.05) is 0 Å². The lowest BCUT2D eigenvalue weighted by molar-refractivity contribution is 0.873. The van der Waals surface area contributed by atoms with Crippen LogP contribution in [0, 0.1) is 34.6 Å². The molecule has 0 amide bonds. The van der Waals surface area contributed by atoms with Crippen LogP contribution in [0.1, 0.15) is 45.5 Å². The van der Waals surface area contributed by atoms with E-state index in [-0.39, 0.29) is 0 Å². The highest BCUT2D eigenvalue weighted by atomic mass is 15.0. The molecule has 1 aliphatic rings. The minimum atomic E-state index is 0.964. The molecule has 0 saturated carbocycles. The van der Waals surface area contributed by atoms with Crippen LogP contribution in [0.25, 0.3) is 77.7 Å². The summed E-state index contributed by atoms with van der Waals surface area (Å²) in [7, 11) is 0. The molecule has 6 aromatic carbocycles. The predicted molar refractivity (Wildman–Crippen MR) is 213 cm³/mol. The van der Waals surface area contributed by atoms with E-state index in [0.717, 1.165) is 12.8 Å². The minimum Gasteiger partial charge on any atom is -0.313 e. The third-order valence-corrected chi connectivity index (χ3v) is 11.0. The average molecular weight is 646 g/mol. The molecule has 0 aliphatic heterocycles. The van der Waals surface area contributed by atoms with Gasteiger partial charge in [-0.05, 0) is 132 Å². The fraction of sp³-hybridized carbons (Fsp3) is 0.149. The van der Waals surface area contributed by atoms with Crippen molar-refractivity contribution in [3.05, 3.63) is 154 Å². The smallest absolute Gasteiger partial charge is 0.0541 e. The Labute approximate surface area is 292 Å². The first-order valence-electron chi connectivity index (χ1n) is 17.8. The summed E-state index contributed by atoms with van der Waals surface area (Å²) in [6.45, 7) is 10.9. The Hall–Kier alpha value is -5.80. The summed E-state index contributed by atoms with van der Waals surface area (Å²) in [6.07, 6.45) is 4.42. The van der Waals surface area contributed by atoms with Gasteiger partial charge in [0.25, 0.3) is 0 Å². The van der Waals surface area contributed by atoms with Crippen molar-refractivity contribution in [1.82, 2.24) is 13.7 Å². The van der Waals surface area contributed by atoms with E-state index < -0.39 is 0 Å². The second-order valence-electron chi connectivity index (χ2n) is 14.6. The Morgan fingerprint density at radius 1 is 0.360 bits per heavy atom. The van der Waals surface area contributed by atoms with E-state index in [1.54, 1.807) is 0 Å². The van der Waals surface area contributed by atoms with Gasteiger partial charge in [0.15, 0.2) is 0 Å². The number of aryl methyl sites for hydroxylation is 5. The van der Waals surface area contributed by atoms with Crippen molar-refractivity contribution in [1.29, 1.82) is 0 Å². The summed E-state index contributed by atoms with van der Waals surface area (Å²) < 4.78 is 7.51. The highest BCUT2D eigenvalue weighted by Gasteiger charge is 2.25. The van der Waals surface area contributed by atoms with Gasteiger partial charge in [-0.1, -0.05) is 64.2 Å². The minimum absolute atomic E-state index is 0.964. The molecule has 50 heavy (non-hydrogen) atoms. The van der Waals surface area contributed by atoms with Crippen LogP contribution >= 0.6 is 0 Å². The Kier molecular flexibility index (Phi) is 6.18. The van der Waals surface area contributed by atoms with E-state index in [1.165, 1.54) is 111 Å². The summed E-state index contributed by atoms with van der Waals surface area (Å²) >= 11 is 0. The molecule has 3 heterocycles. The molecule has 0 N–H and O–H groups in total. The number of hydrogen-bond acceptors (Lipinski definition) is 0. The quantitative estimate of drug-likeness (QED) is 0.182. The molecule has 0 fully saturated rings. The van der Waals surface area contributed by atoms with E-state index in [9.17, 15) is 0 Å². The number of hydrogen-bond donors (Lipinski definition) is 0. The van der Waals surface area contributed by atoms with E-state index in [1.807, 2.05) is 0 Å². The van der Waals surface area contributed by atoms with Crippen LogP contribution in [0.2, 0.25) is 0 Å². The molecule has 3 nitrogen and oxygen atoms in total. The first kappa shape index (κ1) is 29.1. The molecule has 0 saturated heterocycles. The Morgan fingerprint density at radius 3 is 1.30 bits per heavy atom. The lowest BCUT2D eigenvalue weighted by atomic mass is 9.99. The van der Waals surface area contributed by atoms with Crippen molar-refractivity contribution in [2.24, 2.45) is 0 Å². The van der Waals surface area contributed by atoms with E-state index in [4.69, 9.17) is 0 Å². The Bertz CT molecular complexity index is 2780. The number of nitrogens with zero attached hydrogens (tertiary/aromatic N) is 3. The number of benzene rings is 6. The van der Waals surface area contributed by atoms with Crippen LogP contribution in [0.4, 0.5) is 0 Å². The molecule has 0 radical (unpaired) electrons. The van der Waals surface area contributed by atoms with Crippen LogP contribution < -0.4 is 0 Å². The maximum atomic E-state index is 2.53. The summed E-state index contributed by atoms with van der Waals surface area (Å²) in [5, 5.41) is 6.56. The molecule has 3 heteroatoms. The summed E-state index contributed by atoms with van der Waals surface area (Å²) in [5.41, 5.74) is 19.2. The highest BCUT2D eigenvalue weighted by molar-refractivity contribution is 6.12. The summed E-state index contributed by atoms with van der Waals surface area (Å²) in [6, 6.07) is 43.7. The lowest BCUT2D eigenvalue weighted by Gasteiger charge is -2.20. The van der Waals surface area contributed by atoms with Gasteiger partial charge in [0.2, 0.25) is 0 Å². The van der Waals surface area contributed by atoms with Gasteiger partial charge in [0, 0.05) is 55.3 Å². The SMILES string of the molecule is Cc1ccc(-n2c3c(c4cc(-n5c6ccc(C)cc6c6cc(C)ccc65)ccc42)C=C(n2c4ccc(C)cc4c4cc(C)ccc42)CC3)cc1. The summed E-state index contributed by atoms with van der Waals surface area (Å²) in [4.78, 5) is 0. The van der Waals surface area contributed by atoms with Crippen LogP contribution in [-0.4, -0.2) is 13.7 Å². The van der Waals surface area contributed by atoms with Crippen molar-refractivity contribution >= 4 is 66.3 Å². The molecule has 3 aromatic heterocycles. The number of aromatic nitrogens is 3. The van der Waals surface area contributed by atoms with Crippen LogP contribution in [0.15, 0.2) is 115 Å². The molecule has 1 aliphatic carbocycles. The van der Waals surface area contributed by atoms with E-state index in [2.05, 4.69) is 170 Å². The third-order valence-electron chi connectivity index (χ3n) is 11.0. The number of fused-ring (bicyclic) bond motifs is 9. The lowest BCUT2D eigenvalue weighted by Crippen LogP contribution is -2.08. The van der Waals surface area contributed by atoms with Gasteiger partial charge in [-0.2, -0.15) is 0 Å². The fourth-order valence-corrected chi connectivity index (χ4v) is 8.64. The van der Waals surface area contributed by atoms with Crippen LogP contribution in [0.5, 0.6) is 0 Å².